The number of aromatic nitrogens is 4. The van der Waals surface area contributed by atoms with E-state index in [9.17, 15) is 20.2 Å². The Labute approximate surface area is 187 Å². The summed E-state index contributed by atoms with van der Waals surface area (Å²) in [4.78, 5) is 29.1. The van der Waals surface area contributed by atoms with E-state index in [0.29, 0.717) is 37.8 Å². The molecule has 0 aromatic carbocycles. The number of nitro groups is 2. The number of unbranched alkanes of at least 4 members (excludes halogenated alkanes) is 5. The van der Waals surface area contributed by atoms with Crippen LogP contribution >= 0.6 is 0 Å². The van der Waals surface area contributed by atoms with Crippen LogP contribution in [0.15, 0.2) is 12.4 Å². The number of nitrogens with one attached hydrogen (secondary N) is 2. The second-order valence-electron chi connectivity index (χ2n) is 7.77. The van der Waals surface area contributed by atoms with Crippen molar-refractivity contribution in [1.82, 2.24) is 29.7 Å². The summed E-state index contributed by atoms with van der Waals surface area (Å²) in [7, 11) is 0. The highest BCUT2D eigenvalue weighted by atomic mass is 16.6. The summed E-state index contributed by atoms with van der Waals surface area (Å²) < 4.78 is 3.25. The Hall–Kier alpha value is -2.86. The number of imidazole rings is 2. The van der Waals surface area contributed by atoms with Gasteiger partial charge in [0.2, 0.25) is 0 Å². The zero-order valence-electron chi connectivity index (χ0n) is 19.0. The molecule has 0 aliphatic carbocycles. The number of rotatable bonds is 17. The van der Waals surface area contributed by atoms with Crippen molar-refractivity contribution in [3.63, 3.8) is 0 Å². The molecule has 2 N–H and O–H groups in total. The van der Waals surface area contributed by atoms with Gasteiger partial charge in [-0.2, -0.15) is 0 Å². The molecule has 178 valence electrons. The molecule has 0 spiro atoms. The Balaban J connectivity index is 1.41. The summed E-state index contributed by atoms with van der Waals surface area (Å²) in [6.07, 6.45) is 9.48. The molecule has 0 atom stereocenters. The smallest absolute Gasteiger partial charge is 0.342 e. The molecule has 2 aromatic rings. The minimum absolute atomic E-state index is 0.0388. The third kappa shape index (κ3) is 8.00. The normalized spacial score (nSPS) is 11.2. The highest BCUT2D eigenvalue weighted by molar-refractivity contribution is 5.19. The summed E-state index contributed by atoms with van der Waals surface area (Å²) in [5, 5.41) is 28.6. The molecular formula is C20H34N8O4. The molecule has 0 unspecified atom stereocenters. The lowest BCUT2D eigenvalue weighted by Gasteiger charge is -2.06. The Morgan fingerprint density at radius 1 is 0.719 bits per heavy atom. The lowest BCUT2D eigenvalue weighted by atomic mass is 10.1. The van der Waals surface area contributed by atoms with E-state index in [1.54, 1.807) is 23.0 Å². The van der Waals surface area contributed by atoms with Crippen LogP contribution in [0.3, 0.4) is 0 Å². The topological polar surface area (TPSA) is 146 Å². The molecular weight excluding hydrogens is 416 g/mol. The Bertz CT molecular complexity index is 794. The summed E-state index contributed by atoms with van der Waals surface area (Å²) in [6, 6.07) is 0. The minimum Gasteiger partial charge on any atom is -0.358 e. The van der Waals surface area contributed by atoms with Crippen molar-refractivity contribution in [2.24, 2.45) is 0 Å². The van der Waals surface area contributed by atoms with Crippen molar-refractivity contribution in [1.29, 1.82) is 0 Å². The molecule has 0 aliphatic rings. The Morgan fingerprint density at radius 3 is 1.47 bits per heavy atom. The first-order valence-corrected chi connectivity index (χ1v) is 11.2. The van der Waals surface area contributed by atoms with E-state index in [-0.39, 0.29) is 11.6 Å². The van der Waals surface area contributed by atoms with Gasteiger partial charge in [-0.15, -0.1) is 0 Å². The fraction of sp³-hybridized carbons (Fsp3) is 0.700. The SMILES string of the molecule is Cc1ncc([N+](=O)[O-])n1CCNCCCCCCCCNCCn1c([N+](=O)[O-])cnc1C. The molecule has 32 heavy (non-hydrogen) atoms. The van der Waals surface area contributed by atoms with Crippen LogP contribution in [0.1, 0.15) is 50.2 Å². The average Bonchev–Trinajstić information content (AvgIpc) is 3.31. The van der Waals surface area contributed by atoms with Gasteiger partial charge < -0.3 is 30.9 Å². The van der Waals surface area contributed by atoms with Crippen LogP contribution in [0.2, 0.25) is 0 Å². The van der Waals surface area contributed by atoms with Gasteiger partial charge in [-0.1, -0.05) is 25.7 Å². The van der Waals surface area contributed by atoms with Crippen LogP contribution in [0, 0.1) is 34.1 Å². The molecule has 12 heteroatoms. The molecule has 2 heterocycles. The molecule has 2 rings (SSSR count). The van der Waals surface area contributed by atoms with Crippen LogP contribution in [0.5, 0.6) is 0 Å². The summed E-state index contributed by atoms with van der Waals surface area (Å²) in [6.45, 7) is 7.82. The van der Waals surface area contributed by atoms with E-state index in [2.05, 4.69) is 20.6 Å². The maximum Gasteiger partial charge on any atom is 0.342 e. The van der Waals surface area contributed by atoms with Crippen LogP contribution < -0.4 is 10.6 Å². The van der Waals surface area contributed by atoms with Gasteiger partial charge in [0.15, 0.2) is 11.6 Å². The first kappa shape index (κ1) is 25.4. The number of hydrogen-bond acceptors (Lipinski definition) is 8. The molecule has 0 radical (unpaired) electrons. The van der Waals surface area contributed by atoms with Crippen molar-refractivity contribution in [2.75, 3.05) is 26.2 Å². The predicted octanol–water partition coefficient (Wildman–Crippen LogP) is 2.73. The summed E-state index contributed by atoms with van der Waals surface area (Å²) in [5.41, 5.74) is 0. The quantitative estimate of drug-likeness (QED) is 0.212. The van der Waals surface area contributed by atoms with E-state index in [1.165, 1.54) is 25.2 Å². The molecule has 0 saturated carbocycles. The molecule has 2 aromatic heterocycles. The standard InChI is InChI=1S/C20H34N8O4/c1-17-23-15-19(27(29)30)25(17)13-11-21-9-7-5-3-4-6-8-10-22-12-14-26-18(2)24-16-20(26)28(31)32/h15-16,21-22H,3-14H2,1-2H3. The van der Waals surface area contributed by atoms with Gasteiger partial charge in [0.25, 0.3) is 0 Å². The van der Waals surface area contributed by atoms with E-state index in [0.717, 1.165) is 38.8 Å². The fourth-order valence-electron chi connectivity index (χ4n) is 3.60. The number of aryl methyl sites for hydroxylation is 2. The number of nitrogens with zero attached hydrogens (tertiary/aromatic N) is 6. The predicted molar refractivity (Wildman–Crippen MR) is 121 cm³/mol. The maximum atomic E-state index is 11.0. The van der Waals surface area contributed by atoms with Crippen molar-refractivity contribution >= 4 is 11.6 Å². The van der Waals surface area contributed by atoms with Gasteiger partial charge in [0.05, 0.1) is 0 Å². The maximum absolute atomic E-state index is 11.0. The first-order valence-electron chi connectivity index (χ1n) is 11.2. The van der Waals surface area contributed by atoms with E-state index < -0.39 is 9.85 Å². The van der Waals surface area contributed by atoms with Gasteiger partial charge in [0.1, 0.15) is 25.5 Å². The Kier molecular flexibility index (Phi) is 10.7. The van der Waals surface area contributed by atoms with Gasteiger partial charge >= 0.3 is 11.6 Å². The first-order chi connectivity index (χ1) is 15.4. The molecule has 12 nitrogen and oxygen atoms in total. The average molecular weight is 451 g/mol. The zero-order chi connectivity index (χ0) is 23.3. The van der Waals surface area contributed by atoms with Crippen LogP contribution in [-0.4, -0.2) is 55.1 Å². The lowest BCUT2D eigenvalue weighted by Crippen LogP contribution is -2.22. The van der Waals surface area contributed by atoms with E-state index >= 15 is 0 Å². The van der Waals surface area contributed by atoms with Crippen molar-refractivity contribution in [3.05, 3.63) is 44.3 Å². The number of hydrogen-bond donors (Lipinski definition) is 2. The summed E-state index contributed by atoms with van der Waals surface area (Å²) >= 11 is 0. The van der Waals surface area contributed by atoms with Gasteiger partial charge in [-0.25, -0.2) is 19.1 Å². The fourth-order valence-corrected chi connectivity index (χ4v) is 3.60. The van der Waals surface area contributed by atoms with Gasteiger partial charge in [0, 0.05) is 26.9 Å². The lowest BCUT2D eigenvalue weighted by molar-refractivity contribution is -0.392. The zero-order valence-corrected chi connectivity index (χ0v) is 19.0. The van der Waals surface area contributed by atoms with Gasteiger partial charge in [-0.05, 0) is 35.8 Å². The third-order valence-electron chi connectivity index (χ3n) is 5.42. The molecule has 0 saturated heterocycles. The van der Waals surface area contributed by atoms with E-state index in [1.807, 2.05) is 0 Å². The molecule has 0 aliphatic heterocycles. The minimum atomic E-state index is -0.401. The highest BCUT2D eigenvalue weighted by Gasteiger charge is 2.17. The molecule has 0 bridgehead atoms. The summed E-state index contributed by atoms with van der Waals surface area (Å²) in [5.74, 6) is 1.39. The molecule has 0 fully saturated rings. The monoisotopic (exact) mass is 450 g/mol. The van der Waals surface area contributed by atoms with Crippen LogP contribution in [-0.2, 0) is 13.1 Å². The third-order valence-corrected chi connectivity index (χ3v) is 5.42. The van der Waals surface area contributed by atoms with Crippen molar-refractivity contribution in [3.8, 4) is 0 Å². The second-order valence-corrected chi connectivity index (χ2v) is 7.77. The highest BCUT2D eigenvalue weighted by Crippen LogP contribution is 2.13. The molecule has 0 amide bonds. The Morgan fingerprint density at radius 2 is 1.09 bits per heavy atom. The second kappa shape index (κ2) is 13.5. The van der Waals surface area contributed by atoms with Gasteiger partial charge in [-0.3, -0.25) is 0 Å². The largest absolute Gasteiger partial charge is 0.358 e. The van der Waals surface area contributed by atoms with E-state index in [4.69, 9.17) is 0 Å². The van der Waals surface area contributed by atoms with Crippen LogP contribution in [0.25, 0.3) is 0 Å². The van der Waals surface area contributed by atoms with Crippen molar-refractivity contribution < 1.29 is 9.85 Å². The van der Waals surface area contributed by atoms with Crippen LogP contribution in [0.4, 0.5) is 11.6 Å². The van der Waals surface area contributed by atoms with Crippen molar-refractivity contribution in [2.45, 2.75) is 65.5 Å².